The number of nitrogens with zero attached hydrogens (tertiary/aromatic N) is 1. The lowest BCUT2D eigenvalue weighted by Crippen LogP contribution is -2.51. The number of thiophene rings is 1. The van der Waals surface area contributed by atoms with E-state index in [1.165, 1.54) is 4.90 Å². The summed E-state index contributed by atoms with van der Waals surface area (Å²) >= 11 is 1.60. The van der Waals surface area contributed by atoms with Crippen molar-refractivity contribution in [1.29, 1.82) is 0 Å². The van der Waals surface area contributed by atoms with Crippen LogP contribution in [0.15, 0.2) is 17.5 Å². The Morgan fingerprint density at radius 3 is 2.64 bits per heavy atom. The molecule has 1 fully saturated rings. The summed E-state index contributed by atoms with van der Waals surface area (Å²) in [6.45, 7) is 2.04. The maximum Gasteiger partial charge on any atom is 0.244 e. The van der Waals surface area contributed by atoms with E-state index < -0.39 is 15.9 Å². The Balaban J connectivity index is 1.77. The van der Waals surface area contributed by atoms with Crippen molar-refractivity contribution in [2.24, 2.45) is 0 Å². The molecule has 1 aliphatic heterocycles. The lowest BCUT2D eigenvalue weighted by molar-refractivity contribution is -0.135. The van der Waals surface area contributed by atoms with Gasteiger partial charge in [0, 0.05) is 24.4 Å². The molecular formula is C14H20N2O4S2. The number of amides is 2. The molecule has 2 heterocycles. The average molecular weight is 344 g/mol. The molecule has 0 spiro atoms. The van der Waals surface area contributed by atoms with Gasteiger partial charge in [-0.3, -0.25) is 9.59 Å². The van der Waals surface area contributed by atoms with Gasteiger partial charge in [-0.05, 0) is 24.8 Å². The molecule has 0 bridgehead atoms. The zero-order valence-corrected chi connectivity index (χ0v) is 14.1. The first-order chi connectivity index (χ1) is 10.4. The van der Waals surface area contributed by atoms with E-state index in [0.29, 0.717) is 12.8 Å². The van der Waals surface area contributed by atoms with Crippen molar-refractivity contribution in [1.82, 2.24) is 10.2 Å². The molecule has 1 aliphatic rings. The third-order valence-corrected chi connectivity index (χ3v) is 6.13. The summed E-state index contributed by atoms with van der Waals surface area (Å²) < 4.78 is 22.7. The van der Waals surface area contributed by atoms with Gasteiger partial charge >= 0.3 is 0 Å². The van der Waals surface area contributed by atoms with Crippen LogP contribution < -0.4 is 5.32 Å². The highest BCUT2D eigenvalue weighted by atomic mass is 32.2. The first kappa shape index (κ1) is 17.0. The van der Waals surface area contributed by atoms with Gasteiger partial charge in [-0.1, -0.05) is 6.07 Å². The van der Waals surface area contributed by atoms with Crippen LogP contribution in [0.1, 0.15) is 18.2 Å². The summed E-state index contributed by atoms with van der Waals surface area (Å²) in [6.07, 6.45) is 0.999. The quantitative estimate of drug-likeness (QED) is 0.840. The first-order valence-electron chi connectivity index (χ1n) is 7.18. The predicted molar refractivity (Wildman–Crippen MR) is 85.5 cm³/mol. The van der Waals surface area contributed by atoms with Crippen molar-refractivity contribution in [3.05, 3.63) is 22.4 Å². The van der Waals surface area contributed by atoms with E-state index in [1.807, 2.05) is 17.5 Å². The molecule has 2 amide bonds. The van der Waals surface area contributed by atoms with Crippen LogP contribution in [-0.2, 0) is 25.8 Å². The van der Waals surface area contributed by atoms with Gasteiger partial charge in [0.05, 0.1) is 11.5 Å². The van der Waals surface area contributed by atoms with Crippen LogP contribution in [0, 0.1) is 0 Å². The van der Waals surface area contributed by atoms with E-state index >= 15 is 0 Å². The molecule has 8 heteroatoms. The topological polar surface area (TPSA) is 83.6 Å². The fourth-order valence-corrected chi connectivity index (χ4v) is 4.18. The van der Waals surface area contributed by atoms with E-state index in [1.54, 1.807) is 18.3 Å². The Bertz CT molecular complexity index is 611. The van der Waals surface area contributed by atoms with Crippen LogP contribution in [0.3, 0.4) is 0 Å². The first-order valence-corrected chi connectivity index (χ1v) is 9.88. The van der Waals surface area contributed by atoms with E-state index in [0.717, 1.165) is 4.88 Å². The third kappa shape index (κ3) is 4.81. The van der Waals surface area contributed by atoms with Crippen LogP contribution >= 0.6 is 11.3 Å². The van der Waals surface area contributed by atoms with Gasteiger partial charge in [0.25, 0.3) is 0 Å². The van der Waals surface area contributed by atoms with Crippen molar-refractivity contribution in [2.45, 2.75) is 25.8 Å². The van der Waals surface area contributed by atoms with Crippen molar-refractivity contribution in [3.63, 3.8) is 0 Å². The summed E-state index contributed by atoms with van der Waals surface area (Å²) in [5, 5.41) is 4.65. The van der Waals surface area contributed by atoms with E-state index in [-0.39, 0.29) is 36.4 Å². The average Bonchev–Trinajstić information content (AvgIpc) is 2.97. The molecule has 2 rings (SSSR count). The van der Waals surface area contributed by atoms with Gasteiger partial charge in [-0.2, -0.15) is 0 Å². The van der Waals surface area contributed by atoms with E-state index in [9.17, 15) is 18.0 Å². The second-order valence-electron chi connectivity index (χ2n) is 5.35. The van der Waals surface area contributed by atoms with Gasteiger partial charge in [0.2, 0.25) is 11.8 Å². The molecule has 22 heavy (non-hydrogen) atoms. The minimum absolute atomic E-state index is 0.00220. The van der Waals surface area contributed by atoms with Gasteiger partial charge in [0.1, 0.15) is 6.04 Å². The number of carbonyl (C=O) groups excluding carboxylic acids is 2. The second-order valence-corrected chi connectivity index (χ2v) is 8.68. The smallest absolute Gasteiger partial charge is 0.244 e. The van der Waals surface area contributed by atoms with Crippen LogP contribution in [0.5, 0.6) is 0 Å². The lowest BCUT2D eigenvalue weighted by atomic mass is 10.2. The maximum absolute atomic E-state index is 12.2. The Kier molecular flexibility index (Phi) is 5.57. The fraction of sp³-hybridized carbons (Fsp3) is 0.571. The number of carbonyl (C=O) groups is 2. The monoisotopic (exact) mass is 344 g/mol. The molecule has 1 atom stereocenters. The maximum atomic E-state index is 12.2. The highest BCUT2D eigenvalue weighted by Crippen LogP contribution is 2.11. The predicted octanol–water partition coefficient (Wildman–Crippen LogP) is 0.442. The van der Waals surface area contributed by atoms with Gasteiger partial charge < -0.3 is 10.2 Å². The van der Waals surface area contributed by atoms with E-state index in [2.05, 4.69) is 5.32 Å². The number of sulfone groups is 1. The molecule has 1 N–H and O–H groups in total. The normalized spacial score (nSPS) is 18.7. The summed E-state index contributed by atoms with van der Waals surface area (Å²) in [7, 11) is -3.01. The molecule has 1 aromatic heterocycles. The van der Waals surface area contributed by atoms with E-state index in [4.69, 9.17) is 0 Å². The molecule has 0 unspecified atom stereocenters. The zero-order valence-electron chi connectivity index (χ0n) is 12.4. The fourth-order valence-electron chi connectivity index (χ4n) is 2.27. The zero-order chi connectivity index (χ0) is 16.2. The molecule has 0 aliphatic carbocycles. The summed E-state index contributed by atoms with van der Waals surface area (Å²) in [5.74, 6) is -0.395. The van der Waals surface area contributed by atoms with Crippen molar-refractivity contribution >= 4 is 33.0 Å². The number of rotatable bonds is 5. The number of aryl methyl sites for hydroxylation is 1. The number of hydrogen-bond acceptors (Lipinski definition) is 5. The SMILES string of the molecule is C[C@@H](NC(=O)CCc1cccs1)C(=O)N1CCS(=O)(=O)CC1. The minimum Gasteiger partial charge on any atom is -0.345 e. The highest BCUT2D eigenvalue weighted by Gasteiger charge is 2.28. The highest BCUT2D eigenvalue weighted by molar-refractivity contribution is 7.91. The van der Waals surface area contributed by atoms with Crippen molar-refractivity contribution < 1.29 is 18.0 Å². The van der Waals surface area contributed by atoms with Crippen LogP contribution in [0.2, 0.25) is 0 Å². The third-order valence-electron chi connectivity index (χ3n) is 3.58. The molecule has 0 radical (unpaired) electrons. The molecule has 0 saturated carbocycles. The standard InChI is InChI=1S/C14H20N2O4S2/c1-11(14(18)16-6-9-22(19,20)10-7-16)15-13(17)5-4-12-3-2-8-21-12/h2-3,8,11H,4-7,9-10H2,1H3,(H,15,17)/t11-/m1/s1. The van der Waals surface area contributed by atoms with Crippen LogP contribution in [0.4, 0.5) is 0 Å². The minimum atomic E-state index is -3.01. The van der Waals surface area contributed by atoms with Gasteiger partial charge in [0.15, 0.2) is 9.84 Å². The van der Waals surface area contributed by atoms with Crippen LogP contribution in [-0.4, -0.2) is 55.8 Å². The molecule has 1 aromatic rings. The summed E-state index contributed by atoms with van der Waals surface area (Å²) in [4.78, 5) is 26.7. The Hall–Kier alpha value is -1.41. The van der Waals surface area contributed by atoms with Crippen LogP contribution in [0.25, 0.3) is 0 Å². The Morgan fingerprint density at radius 2 is 2.05 bits per heavy atom. The summed E-state index contributed by atoms with van der Waals surface area (Å²) in [5.41, 5.74) is 0. The molecule has 1 saturated heterocycles. The Morgan fingerprint density at radius 1 is 1.36 bits per heavy atom. The lowest BCUT2D eigenvalue weighted by Gasteiger charge is -2.29. The molecular weight excluding hydrogens is 324 g/mol. The second kappa shape index (κ2) is 7.23. The Labute approximate surface area is 134 Å². The van der Waals surface area contributed by atoms with Crippen molar-refractivity contribution in [2.75, 3.05) is 24.6 Å². The summed E-state index contributed by atoms with van der Waals surface area (Å²) in [6, 6.07) is 3.28. The van der Waals surface area contributed by atoms with Gasteiger partial charge in [-0.25, -0.2) is 8.42 Å². The number of hydrogen-bond donors (Lipinski definition) is 1. The largest absolute Gasteiger partial charge is 0.345 e. The van der Waals surface area contributed by atoms with Gasteiger partial charge in [-0.15, -0.1) is 11.3 Å². The molecule has 6 nitrogen and oxygen atoms in total. The number of nitrogens with one attached hydrogen (secondary N) is 1. The van der Waals surface area contributed by atoms with Crippen molar-refractivity contribution in [3.8, 4) is 0 Å². The molecule has 0 aromatic carbocycles. The molecule has 122 valence electrons.